The van der Waals surface area contributed by atoms with Crippen LogP contribution in [0.4, 0.5) is 16.2 Å². The van der Waals surface area contributed by atoms with Crippen LogP contribution in [0.5, 0.6) is 0 Å². The Morgan fingerprint density at radius 2 is 1.79 bits per heavy atom. The van der Waals surface area contributed by atoms with Gasteiger partial charge in [0.1, 0.15) is 0 Å². The number of benzene rings is 2. The van der Waals surface area contributed by atoms with Crippen LogP contribution in [0, 0.1) is 6.92 Å². The molecule has 0 aliphatic rings. The van der Waals surface area contributed by atoms with Gasteiger partial charge in [0.2, 0.25) is 10.0 Å². The van der Waals surface area contributed by atoms with Crippen molar-refractivity contribution in [3.63, 3.8) is 0 Å². The molecule has 3 N–H and O–H groups in total. The van der Waals surface area contributed by atoms with E-state index in [0.29, 0.717) is 17.9 Å². The molecule has 0 saturated heterocycles. The highest BCUT2D eigenvalue weighted by atomic mass is 32.2. The highest BCUT2D eigenvalue weighted by Gasteiger charge is 2.08. The lowest BCUT2D eigenvalue weighted by Gasteiger charge is -2.12. The molecule has 0 aliphatic heterocycles. The van der Waals surface area contributed by atoms with E-state index in [2.05, 4.69) is 15.4 Å². The van der Waals surface area contributed by atoms with Crippen LogP contribution in [0.15, 0.2) is 48.5 Å². The fraction of sp³-hybridized carbons (Fsp3) is 0.235. The Morgan fingerprint density at radius 1 is 1.08 bits per heavy atom. The Hall–Kier alpha value is -2.54. The first-order valence-corrected chi connectivity index (χ1v) is 9.40. The van der Waals surface area contributed by atoms with E-state index < -0.39 is 10.0 Å². The Kier molecular flexibility index (Phi) is 5.81. The molecule has 128 valence electrons. The number of sulfonamides is 1. The zero-order chi connectivity index (χ0) is 17.6. The van der Waals surface area contributed by atoms with Crippen LogP contribution in [0.3, 0.4) is 0 Å². The molecule has 0 aliphatic carbocycles. The van der Waals surface area contributed by atoms with Crippen molar-refractivity contribution in [1.29, 1.82) is 0 Å². The van der Waals surface area contributed by atoms with Crippen molar-refractivity contribution in [2.75, 3.05) is 22.8 Å². The predicted molar refractivity (Wildman–Crippen MR) is 96.8 cm³/mol. The topological polar surface area (TPSA) is 87.3 Å². The molecule has 0 saturated carbocycles. The van der Waals surface area contributed by atoms with Gasteiger partial charge in [-0.3, -0.25) is 4.72 Å². The summed E-state index contributed by atoms with van der Waals surface area (Å²) >= 11 is 0. The number of rotatable bonds is 6. The second-order valence-corrected chi connectivity index (χ2v) is 7.27. The van der Waals surface area contributed by atoms with E-state index in [4.69, 9.17) is 0 Å². The van der Waals surface area contributed by atoms with Crippen molar-refractivity contribution >= 4 is 27.4 Å². The van der Waals surface area contributed by atoms with Gasteiger partial charge in [-0.05, 0) is 36.6 Å². The highest BCUT2D eigenvalue weighted by molar-refractivity contribution is 7.92. The molecular weight excluding hydrogens is 326 g/mol. The van der Waals surface area contributed by atoms with Crippen molar-refractivity contribution in [3.8, 4) is 0 Å². The maximum atomic E-state index is 11.9. The molecule has 0 unspecified atom stereocenters. The minimum atomic E-state index is -3.37. The zero-order valence-corrected chi connectivity index (χ0v) is 14.5. The van der Waals surface area contributed by atoms with E-state index in [9.17, 15) is 13.2 Å². The van der Waals surface area contributed by atoms with Crippen LogP contribution in [0.25, 0.3) is 0 Å². The molecule has 0 aromatic heterocycles. The van der Waals surface area contributed by atoms with Gasteiger partial charge in [-0.2, -0.15) is 0 Å². The predicted octanol–water partition coefficient (Wildman–Crippen LogP) is 2.73. The highest BCUT2D eigenvalue weighted by Crippen LogP contribution is 2.21. The quantitative estimate of drug-likeness (QED) is 0.751. The Bertz CT molecular complexity index is 805. The second-order valence-electron chi connectivity index (χ2n) is 5.52. The van der Waals surface area contributed by atoms with Crippen LogP contribution in [-0.2, 0) is 16.4 Å². The fourth-order valence-corrected chi connectivity index (χ4v) is 2.77. The van der Waals surface area contributed by atoms with E-state index in [1.165, 1.54) is 0 Å². The SMILES string of the molecule is Cc1ccc(NC(=O)NCCc2ccccc2)cc1NS(C)(=O)=O. The molecule has 6 nitrogen and oxygen atoms in total. The third-order valence-corrected chi connectivity index (χ3v) is 3.92. The molecule has 0 bridgehead atoms. The van der Waals surface area contributed by atoms with Crippen LogP contribution in [0.1, 0.15) is 11.1 Å². The average Bonchev–Trinajstić information content (AvgIpc) is 2.50. The lowest BCUT2D eigenvalue weighted by molar-refractivity contribution is 0.252. The van der Waals surface area contributed by atoms with E-state index in [0.717, 1.165) is 23.8 Å². The molecule has 0 heterocycles. The number of carbonyl (C=O) groups excluding carboxylic acids is 1. The zero-order valence-electron chi connectivity index (χ0n) is 13.7. The summed E-state index contributed by atoms with van der Waals surface area (Å²) in [5.74, 6) is 0. The third-order valence-electron chi connectivity index (χ3n) is 3.33. The summed E-state index contributed by atoms with van der Waals surface area (Å²) < 4.78 is 25.1. The lowest BCUT2D eigenvalue weighted by Crippen LogP contribution is -2.30. The third kappa shape index (κ3) is 5.92. The van der Waals surface area contributed by atoms with Gasteiger partial charge >= 0.3 is 6.03 Å². The number of carbonyl (C=O) groups is 1. The summed E-state index contributed by atoms with van der Waals surface area (Å²) in [6.45, 7) is 2.30. The van der Waals surface area contributed by atoms with Gasteiger partial charge in [-0.25, -0.2) is 13.2 Å². The van der Waals surface area contributed by atoms with Gasteiger partial charge in [0.05, 0.1) is 11.9 Å². The maximum absolute atomic E-state index is 11.9. The number of urea groups is 1. The van der Waals surface area contributed by atoms with E-state index >= 15 is 0 Å². The van der Waals surface area contributed by atoms with Crippen molar-refractivity contribution in [2.24, 2.45) is 0 Å². The number of hydrogen-bond donors (Lipinski definition) is 3. The monoisotopic (exact) mass is 347 g/mol. The normalized spacial score (nSPS) is 10.9. The van der Waals surface area contributed by atoms with Crippen molar-refractivity contribution in [1.82, 2.24) is 5.32 Å². The van der Waals surface area contributed by atoms with E-state index in [1.54, 1.807) is 25.1 Å². The summed E-state index contributed by atoms with van der Waals surface area (Å²) in [7, 11) is -3.37. The molecule has 2 aromatic rings. The van der Waals surface area contributed by atoms with Gasteiger partial charge in [0.25, 0.3) is 0 Å². The average molecular weight is 347 g/mol. The van der Waals surface area contributed by atoms with Gasteiger partial charge in [-0.15, -0.1) is 0 Å². The standard InChI is InChI=1S/C17H21N3O3S/c1-13-8-9-15(12-16(13)20-24(2,22)23)19-17(21)18-11-10-14-6-4-3-5-7-14/h3-9,12,20H,10-11H2,1-2H3,(H2,18,19,21). The van der Waals surface area contributed by atoms with Gasteiger partial charge in [0, 0.05) is 12.2 Å². The molecule has 0 fully saturated rings. The number of aryl methyl sites for hydroxylation is 1. The molecular formula is C17H21N3O3S. The molecule has 7 heteroatoms. The Balaban J connectivity index is 1.90. The van der Waals surface area contributed by atoms with Crippen molar-refractivity contribution in [3.05, 3.63) is 59.7 Å². The lowest BCUT2D eigenvalue weighted by atomic mass is 10.1. The van der Waals surface area contributed by atoms with Gasteiger partial charge in [0.15, 0.2) is 0 Å². The number of nitrogens with one attached hydrogen (secondary N) is 3. The molecule has 0 spiro atoms. The smallest absolute Gasteiger partial charge is 0.319 e. The van der Waals surface area contributed by atoms with Gasteiger partial charge < -0.3 is 10.6 Å². The van der Waals surface area contributed by atoms with Crippen molar-refractivity contribution < 1.29 is 13.2 Å². The summed E-state index contributed by atoms with van der Waals surface area (Å²) in [6.07, 6.45) is 1.83. The largest absolute Gasteiger partial charge is 0.338 e. The van der Waals surface area contributed by atoms with Crippen LogP contribution in [0.2, 0.25) is 0 Å². The molecule has 0 atom stereocenters. The second kappa shape index (κ2) is 7.83. The summed E-state index contributed by atoms with van der Waals surface area (Å²) in [6, 6.07) is 14.6. The van der Waals surface area contributed by atoms with Crippen LogP contribution in [-0.4, -0.2) is 27.2 Å². The molecule has 0 radical (unpaired) electrons. The minimum absolute atomic E-state index is 0.333. The molecule has 2 aromatic carbocycles. The van der Waals surface area contributed by atoms with Crippen LogP contribution < -0.4 is 15.4 Å². The summed E-state index contributed by atoms with van der Waals surface area (Å²) in [5.41, 5.74) is 2.88. The first-order valence-electron chi connectivity index (χ1n) is 7.51. The first kappa shape index (κ1) is 17.8. The molecule has 2 amide bonds. The fourth-order valence-electron chi connectivity index (χ4n) is 2.15. The number of amides is 2. The summed E-state index contributed by atoms with van der Waals surface area (Å²) in [5, 5.41) is 5.47. The Morgan fingerprint density at radius 3 is 2.46 bits per heavy atom. The first-order chi connectivity index (χ1) is 11.3. The molecule has 24 heavy (non-hydrogen) atoms. The minimum Gasteiger partial charge on any atom is -0.338 e. The number of hydrogen-bond acceptors (Lipinski definition) is 3. The van der Waals surface area contributed by atoms with Crippen LogP contribution >= 0.6 is 0 Å². The maximum Gasteiger partial charge on any atom is 0.319 e. The van der Waals surface area contributed by atoms with E-state index in [1.807, 2.05) is 30.3 Å². The molecule has 2 rings (SSSR count). The van der Waals surface area contributed by atoms with Crippen molar-refractivity contribution in [2.45, 2.75) is 13.3 Å². The summed E-state index contributed by atoms with van der Waals surface area (Å²) in [4.78, 5) is 11.9. The van der Waals surface area contributed by atoms with E-state index in [-0.39, 0.29) is 6.03 Å². The number of anilines is 2. The van der Waals surface area contributed by atoms with Gasteiger partial charge in [-0.1, -0.05) is 36.4 Å². The Labute approximate surface area is 142 Å².